The molecule has 12 rings (SSSR count). The molecule has 0 bridgehead atoms. The first-order chi connectivity index (χ1) is 28.3. The van der Waals surface area contributed by atoms with Gasteiger partial charge in [0.2, 0.25) is 0 Å². The minimum absolute atomic E-state index is 0.585. The smallest absolute Gasteiger partial charge is 0.159 e. The third-order valence-electron chi connectivity index (χ3n) is 12.3. The van der Waals surface area contributed by atoms with Gasteiger partial charge in [0.15, 0.2) is 5.75 Å². The highest BCUT2D eigenvalue weighted by molar-refractivity contribution is 5.99. The van der Waals surface area contributed by atoms with E-state index >= 15 is 0 Å². The summed E-state index contributed by atoms with van der Waals surface area (Å²) in [4.78, 5) is 2.38. The molecular weight excluding hydrogens is 691 g/mol. The fourth-order valence-electron chi connectivity index (χ4n) is 10.0. The van der Waals surface area contributed by atoms with Crippen molar-refractivity contribution < 1.29 is 4.74 Å². The highest BCUT2D eigenvalue weighted by Crippen LogP contribution is 2.62. The molecule has 2 aliphatic carbocycles. The first-order valence-electron chi connectivity index (χ1n) is 19.7. The van der Waals surface area contributed by atoms with Gasteiger partial charge in [0, 0.05) is 22.5 Å². The zero-order valence-electron chi connectivity index (χ0n) is 31.1. The maximum atomic E-state index is 7.10. The van der Waals surface area contributed by atoms with Gasteiger partial charge in [-0.1, -0.05) is 176 Å². The Labute approximate surface area is 332 Å². The van der Waals surface area contributed by atoms with E-state index in [0.29, 0.717) is 0 Å². The van der Waals surface area contributed by atoms with Crippen molar-refractivity contribution in [3.63, 3.8) is 0 Å². The van der Waals surface area contributed by atoms with Gasteiger partial charge in [-0.25, -0.2) is 0 Å². The Morgan fingerprint density at radius 2 is 0.737 bits per heavy atom. The van der Waals surface area contributed by atoms with Gasteiger partial charge in [-0.2, -0.15) is 0 Å². The zero-order chi connectivity index (χ0) is 37.5. The molecule has 0 unspecified atom stereocenters. The van der Waals surface area contributed by atoms with E-state index in [2.05, 4.69) is 217 Å². The van der Waals surface area contributed by atoms with Gasteiger partial charge in [-0.15, -0.1) is 0 Å². The van der Waals surface area contributed by atoms with Crippen LogP contribution in [0.25, 0.3) is 55.6 Å². The van der Waals surface area contributed by atoms with Crippen LogP contribution < -0.4 is 9.64 Å². The largest absolute Gasteiger partial charge is 0.454 e. The summed E-state index contributed by atoms with van der Waals surface area (Å²) in [6.45, 7) is 0. The standard InChI is InChI=1S/C55H35NO/c1-2-17-36(18-3-1)56(52-31-16-27-47-41-22-7-6-21-40(41)46-26-11-15-32-53(46)57-54(47)52)37-33-34-45-44-25-10-14-30-50(44)55(51(45)35-37)48-28-12-8-23-42(48)38-19-4-5-20-39(38)43-24-9-13-29-49(43)55/h1-35H. The third-order valence-corrected chi connectivity index (χ3v) is 12.3. The lowest BCUT2D eigenvalue weighted by Gasteiger charge is -2.36. The van der Waals surface area contributed by atoms with Crippen LogP contribution in [0.2, 0.25) is 0 Å². The summed E-state index contributed by atoms with van der Waals surface area (Å²) in [5.74, 6) is 1.68. The number of fused-ring (bicyclic) bond motifs is 17. The van der Waals surface area contributed by atoms with Crippen LogP contribution >= 0.6 is 0 Å². The van der Waals surface area contributed by atoms with Crippen LogP contribution in [-0.2, 0) is 5.41 Å². The molecular formula is C55H35NO. The number of hydrogen-bond donors (Lipinski definition) is 0. The first-order valence-corrected chi connectivity index (χ1v) is 19.7. The molecule has 0 amide bonds. The van der Waals surface area contributed by atoms with Gasteiger partial charge in [0.25, 0.3) is 0 Å². The van der Waals surface area contributed by atoms with Gasteiger partial charge in [-0.05, 0) is 103 Å². The van der Waals surface area contributed by atoms with Crippen molar-refractivity contribution in [3.8, 4) is 67.1 Å². The van der Waals surface area contributed by atoms with Crippen molar-refractivity contribution in [1.29, 1.82) is 0 Å². The molecule has 9 aromatic carbocycles. The maximum Gasteiger partial charge on any atom is 0.159 e. The van der Waals surface area contributed by atoms with E-state index in [1.807, 2.05) is 0 Å². The van der Waals surface area contributed by atoms with E-state index in [9.17, 15) is 0 Å². The molecule has 0 saturated heterocycles. The highest BCUT2D eigenvalue weighted by atomic mass is 16.5. The highest BCUT2D eigenvalue weighted by Gasteiger charge is 2.50. The number of rotatable bonds is 3. The van der Waals surface area contributed by atoms with Crippen LogP contribution in [-0.4, -0.2) is 0 Å². The summed E-state index contributed by atoms with van der Waals surface area (Å²) in [5, 5.41) is 0. The molecule has 1 spiro atoms. The monoisotopic (exact) mass is 725 g/mol. The SMILES string of the molecule is c1ccc(N(c2ccc3c(c2)C2(c4ccccc4-c4ccccc4-c4ccccc42)c2ccccc2-3)c2cccc3c2Oc2ccccc2-c2ccccc2-3)cc1. The number of anilines is 3. The van der Waals surface area contributed by atoms with Crippen molar-refractivity contribution >= 4 is 17.1 Å². The minimum Gasteiger partial charge on any atom is -0.454 e. The molecule has 1 aliphatic heterocycles. The Hall–Kier alpha value is -7.42. The van der Waals surface area contributed by atoms with E-state index in [4.69, 9.17) is 4.74 Å². The lowest BCUT2D eigenvalue weighted by Crippen LogP contribution is -2.29. The Bertz CT molecular complexity index is 3000. The molecule has 0 saturated carbocycles. The summed E-state index contributed by atoms with van der Waals surface area (Å²) < 4.78 is 7.10. The van der Waals surface area contributed by atoms with Gasteiger partial charge in [-0.3, -0.25) is 0 Å². The Balaban J connectivity index is 1.17. The minimum atomic E-state index is -0.585. The van der Waals surface area contributed by atoms with Crippen molar-refractivity contribution in [2.24, 2.45) is 0 Å². The fourth-order valence-corrected chi connectivity index (χ4v) is 10.0. The quantitative estimate of drug-likeness (QED) is 0.180. The summed E-state index contributed by atoms with van der Waals surface area (Å²) in [7, 11) is 0. The van der Waals surface area contributed by atoms with Gasteiger partial charge in [0.05, 0.1) is 11.1 Å². The Kier molecular flexibility index (Phi) is 6.88. The Morgan fingerprint density at radius 3 is 1.35 bits per heavy atom. The first kappa shape index (κ1) is 31.9. The molecule has 0 atom stereocenters. The normalized spacial score (nSPS) is 13.2. The molecule has 0 fully saturated rings. The Morgan fingerprint density at radius 1 is 0.298 bits per heavy atom. The fraction of sp³-hybridized carbons (Fsp3) is 0.0182. The van der Waals surface area contributed by atoms with E-state index in [1.165, 1.54) is 61.2 Å². The third kappa shape index (κ3) is 4.47. The predicted molar refractivity (Wildman–Crippen MR) is 234 cm³/mol. The molecule has 0 radical (unpaired) electrons. The number of para-hydroxylation sites is 3. The average molecular weight is 726 g/mol. The number of benzene rings is 9. The number of hydrogen-bond acceptors (Lipinski definition) is 2. The second-order valence-electron chi connectivity index (χ2n) is 15.1. The molecule has 0 N–H and O–H groups in total. The van der Waals surface area contributed by atoms with E-state index in [-0.39, 0.29) is 0 Å². The van der Waals surface area contributed by atoms with Crippen LogP contribution in [0.15, 0.2) is 212 Å². The molecule has 266 valence electrons. The van der Waals surface area contributed by atoms with Gasteiger partial charge >= 0.3 is 0 Å². The predicted octanol–water partition coefficient (Wildman–Crippen LogP) is 14.6. The van der Waals surface area contributed by atoms with E-state index in [1.54, 1.807) is 0 Å². The van der Waals surface area contributed by atoms with Crippen molar-refractivity contribution in [3.05, 3.63) is 235 Å². The van der Waals surface area contributed by atoms with Crippen LogP contribution in [0, 0.1) is 0 Å². The van der Waals surface area contributed by atoms with Crippen molar-refractivity contribution in [2.45, 2.75) is 5.41 Å². The van der Waals surface area contributed by atoms with Crippen LogP contribution in [0.1, 0.15) is 22.3 Å². The van der Waals surface area contributed by atoms with Crippen molar-refractivity contribution in [2.75, 3.05) is 4.90 Å². The topological polar surface area (TPSA) is 12.5 Å². The maximum absolute atomic E-state index is 7.10. The average Bonchev–Trinajstić information content (AvgIpc) is 3.41. The molecule has 57 heavy (non-hydrogen) atoms. The van der Waals surface area contributed by atoms with E-state index < -0.39 is 5.41 Å². The lowest BCUT2D eigenvalue weighted by atomic mass is 9.66. The van der Waals surface area contributed by atoms with Crippen LogP contribution in [0.4, 0.5) is 17.1 Å². The molecule has 9 aromatic rings. The van der Waals surface area contributed by atoms with E-state index in [0.717, 1.165) is 45.3 Å². The summed E-state index contributed by atoms with van der Waals surface area (Å²) in [6.07, 6.45) is 0. The molecule has 2 nitrogen and oxygen atoms in total. The lowest BCUT2D eigenvalue weighted by molar-refractivity contribution is 0.489. The van der Waals surface area contributed by atoms with Crippen LogP contribution in [0.3, 0.4) is 0 Å². The summed E-state index contributed by atoms with van der Waals surface area (Å²) in [6, 6.07) is 77.5. The molecule has 2 heteroatoms. The second-order valence-corrected chi connectivity index (χ2v) is 15.1. The zero-order valence-corrected chi connectivity index (χ0v) is 31.1. The number of nitrogens with zero attached hydrogens (tertiary/aromatic N) is 1. The molecule has 1 heterocycles. The second kappa shape index (κ2) is 12.3. The molecule has 0 aromatic heterocycles. The summed E-state index contributed by atoms with van der Waals surface area (Å²) in [5.41, 5.74) is 19.7. The van der Waals surface area contributed by atoms with Crippen molar-refractivity contribution in [1.82, 2.24) is 0 Å². The summed E-state index contributed by atoms with van der Waals surface area (Å²) >= 11 is 0. The number of ether oxygens (including phenoxy) is 1. The van der Waals surface area contributed by atoms with Gasteiger partial charge < -0.3 is 9.64 Å². The molecule has 3 aliphatic rings. The van der Waals surface area contributed by atoms with Crippen LogP contribution in [0.5, 0.6) is 11.5 Å². The van der Waals surface area contributed by atoms with Gasteiger partial charge in [0.1, 0.15) is 5.75 Å².